The van der Waals surface area contributed by atoms with Gasteiger partial charge in [-0.2, -0.15) is 23.4 Å². The molecular formula is C26H21F4N7O. The molecule has 1 aliphatic carbocycles. The number of hydrogen-bond donors (Lipinski definition) is 1. The molecule has 5 aromatic rings. The number of aromatic nitrogens is 5. The lowest BCUT2D eigenvalue weighted by Crippen LogP contribution is -2.35. The smallest absolute Gasteiger partial charge is 0.383 e. The van der Waals surface area contributed by atoms with Gasteiger partial charge in [0.2, 0.25) is 0 Å². The zero-order valence-electron chi connectivity index (χ0n) is 20.3. The summed E-state index contributed by atoms with van der Waals surface area (Å²) in [5.41, 5.74) is 6.98. The van der Waals surface area contributed by atoms with Crippen molar-refractivity contribution in [3.63, 3.8) is 0 Å². The Hall–Kier alpha value is -4.48. The Kier molecular flexibility index (Phi) is 5.20. The van der Waals surface area contributed by atoms with E-state index in [0.29, 0.717) is 40.3 Å². The van der Waals surface area contributed by atoms with Gasteiger partial charge in [-0.25, -0.2) is 9.37 Å². The number of hydrogen-bond acceptors (Lipinski definition) is 5. The summed E-state index contributed by atoms with van der Waals surface area (Å²) in [6, 6.07) is 7.06. The lowest BCUT2D eigenvalue weighted by molar-refractivity contribution is -0.137. The zero-order valence-corrected chi connectivity index (χ0v) is 20.3. The number of amides is 1. The van der Waals surface area contributed by atoms with E-state index in [4.69, 9.17) is 5.73 Å². The summed E-state index contributed by atoms with van der Waals surface area (Å²) in [7, 11) is 3.38. The lowest BCUT2D eigenvalue weighted by Gasteiger charge is -2.28. The van der Waals surface area contributed by atoms with Crippen molar-refractivity contribution in [2.75, 3.05) is 10.6 Å². The second kappa shape index (κ2) is 8.27. The molecular weight excluding hydrogens is 502 g/mol. The number of benzene rings is 2. The minimum Gasteiger partial charge on any atom is -0.383 e. The molecule has 0 radical (unpaired) electrons. The lowest BCUT2D eigenvalue weighted by atomic mass is 10.0. The Morgan fingerprint density at radius 1 is 1.13 bits per heavy atom. The van der Waals surface area contributed by atoms with Gasteiger partial charge in [-0.05, 0) is 42.2 Å². The Morgan fingerprint density at radius 3 is 2.63 bits per heavy atom. The summed E-state index contributed by atoms with van der Waals surface area (Å²) in [6.45, 7) is 0. The fourth-order valence-corrected chi connectivity index (χ4v) is 5.25. The maximum Gasteiger partial charge on any atom is 0.416 e. The molecule has 1 unspecified atom stereocenters. The third kappa shape index (κ3) is 3.66. The monoisotopic (exact) mass is 523 g/mol. The molecule has 12 heteroatoms. The predicted molar refractivity (Wildman–Crippen MR) is 133 cm³/mol. The second-order valence-corrected chi connectivity index (χ2v) is 9.37. The van der Waals surface area contributed by atoms with Crippen molar-refractivity contribution in [1.29, 1.82) is 0 Å². The van der Waals surface area contributed by atoms with Crippen LogP contribution in [0.2, 0.25) is 0 Å². The van der Waals surface area contributed by atoms with Crippen molar-refractivity contribution < 1.29 is 22.4 Å². The number of anilines is 2. The number of alkyl halides is 3. The molecule has 2 N–H and O–H groups in total. The fourth-order valence-electron chi connectivity index (χ4n) is 5.25. The van der Waals surface area contributed by atoms with Gasteiger partial charge >= 0.3 is 6.18 Å². The number of halogens is 4. The average molecular weight is 523 g/mol. The number of pyridine rings is 1. The minimum atomic E-state index is -4.48. The maximum atomic E-state index is 15.5. The van der Waals surface area contributed by atoms with Crippen molar-refractivity contribution >= 4 is 39.3 Å². The third-order valence-electron chi connectivity index (χ3n) is 7.02. The summed E-state index contributed by atoms with van der Waals surface area (Å²) in [4.78, 5) is 19.7. The minimum absolute atomic E-state index is 0.190. The van der Waals surface area contributed by atoms with Crippen LogP contribution in [-0.4, -0.2) is 30.5 Å². The number of carbonyl (C=O) groups excluding carboxylic acids is 1. The number of nitrogen functional groups attached to an aromatic ring is 1. The van der Waals surface area contributed by atoms with Gasteiger partial charge in [0.1, 0.15) is 11.6 Å². The van der Waals surface area contributed by atoms with Gasteiger partial charge in [-0.3, -0.25) is 19.1 Å². The molecule has 3 aromatic heterocycles. The topological polar surface area (TPSA) is 94.9 Å². The third-order valence-corrected chi connectivity index (χ3v) is 7.02. The number of nitrogens with two attached hydrogens (primary N) is 1. The number of rotatable bonds is 3. The first-order chi connectivity index (χ1) is 18.0. The van der Waals surface area contributed by atoms with Gasteiger partial charge < -0.3 is 5.73 Å². The highest BCUT2D eigenvalue weighted by Gasteiger charge is 2.38. The number of nitrogens with zero attached hydrogens (tertiary/aromatic N) is 6. The quantitative estimate of drug-likeness (QED) is 0.339. The highest BCUT2D eigenvalue weighted by Crippen LogP contribution is 2.42. The van der Waals surface area contributed by atoms with E-state index in [-0.39, 0.29) is 22.7 Å². The van der Waals surface area contributed by atoms with E-state index in [1.165, 1.54) is 21.7 Å². The van der Waals surface area contributed by atoms with Crippen LogP contribution >= 0.6 is 0 Å². The molecule has 0 spiro atoms. The van der Waals surface area contributed by atoms with Crippen LogP contribution < -0.4 is 10.6 Å². The highest BCUT2D eigenvalue weighted by molar-refractivity contribution is 6.13. The van der Waals surface area contributed by atoms with E-state index in [9.17, 15) is 18.0 Å². The maximum absolute atomic E-state index is 15.5. The summed E-state index contributed by atoms with van der Waals surface area (Å²) in [5, 5.41) is 9.64. The van der Waals surface area contributed by atoms with Crippen molar-refractivity contribution in [1.82, 2.24) is 24.5 Å². The second-order valence-electron chi connectivity index (χ2n) is 9.37. The summed E-state index contributed by atoms with van der Waals surface area (Å²) in [5.74, 6) is -1.03. The van der Waals surface area contributed by atoms with E-state index in [1.54, 1.807) is 37.2 Å². The first kappa shape index (κ1) is 23.9. The van der Waals surface area contributed by atoms with Crippen molar-refractivity contribution in [2.45, 2.75) is 25.1 Å². The van der Waals surface area contributed by atoms with Crippen LogP contribution in [0.4, 0.5) is 29.2 Å². The molecule has 0 saturated heterocycles. The van der Waals surface area contributed by atoms with Gasteiger partial charge in [-0.1, -0.05) is 6.07 Å². The molecule has 0 bridgehead atoms. The van der Waals surface area contributed by atoms with Crippen LogP contribution in [0.3, 0.4) is 0 Å². The Labute approximate surface area is 213 Å². The van der Waals surface area contributed by atoms with Crippen LogP contribution in [0.1, 0.15) is 39.5 Å². The molecule has 0 aliphatic heterocycles. The van der Waals surface area contributed by atoms with Crippen LogP contribution in [0, 0.1) is 5.82 Å². The normalized spacial score (nSPS) is 15.4. The van der Waals surface area contributed by atoms with E-state index in [0.717, 1.165) is 18.2 Å². The van der Waals surface area contributed by atoms with Crippen LogP contribution in [0.15, 0.2) is 48.8 Å². The van der Waals surface area contributed by atoms with E-state index >= 15 is 4.39 Å². The molecule has 0 fully saturated rings. The van der Waals surface area contributed by atoms with Crippen molar-refractivity contribution in [3.8, 4) is 0 Å². The SMILES string of the molecule is Cn1ccc(N(C(=O)c2cc3c(cc2F)nc(N)c2cnn(C)c23)C2CCc3cc(C(F)(F)F)ccc32)n1. The Morgan fingerprint density at radius 2 is 1.92 bits per heavy atom. The van der Waals surface area contributed by atoms with Crippen LogP contribution in [0.25, 0.3) is 21.8 Å². The van der Waals surface area contributed by atoms with Gasteiger partial charge in [0.05, 0.1) is 39.8 Å². The van der Waals surface area contributed by atoms with Crippen LogP contribution in [-0.2, 0) is 26.7 Å². The molecule has 1 aliphatic rings. The van der Waals surface area contributed by atoms with Gasteiger partial charge in [0, 0.05) is 37.8 Å². The van der Waals surface area contributed by atoms with Crippen molar-refractivity contribution in [3.05, 3.63) is 76.9 Å². The van der Waals surface area contributed by atoms with E-state index < -0.39 is 29.5 Å². The van der Waals surface area contributed by atoms with Gasteiger partial charge in [0.25, 0.3) is 5.91 Å². The molecule has 6 rings (SSSR count). The standard InChI is InChI=1S/C26H21F4N7O/c1-35-8-7-22(34-35)37(21-6-3-13-9-14(26(28,29)30)4-5-15(13)21)25(38)16-10-17-20(11-19(16)27)33-24(31)18-12-32-36(2)23(17)18/h4-5,7-12,21H,3,6H2,1-2H3,(H2,31,33). The molecule has 1 amide bonds. The van der Waals surface area contributed by atoms with Crippen molar-refractivity contribution in [2.24, 2.45) is 14.1 Å². The zero-order chi connectivity index (χ0) is 26.9. The molecule has 38 heavy (non-hydrogen) atoms. The molecule has 194 valence electrons. The number of carbonyl (C=O) groups is 1. The summed E-state index contributed by atoms with van der Waals surface area (Å²) in [6.07, 6.45) is -0.599. The summed E-state index contributed by atoms with van der Waals surface area (Å²) >= 11 is 0. The number of aryl methyl sites for hydroxylation is 3. The first-order valence-corrected chi connectivity index (χ1v) is 11.8. The molecule has 0 saturated carbocycles. The van der Waals surface area contributed by atoms with Gasteiger partial charge in [0.15, 0.2) is 5.82 Å². The Balaban J connectivity index is 1.50. The molecule has 1 atom stereocenters. The number of fused-ring (bicyclic) bond motifs is 4. The fraction of sp³-hybridized carbons (Fsp3) is 0.231. The largest absolute Gasteiger partial charge is 0.416 e. The van der Waals surface area contributed by atoms with Crippen LogP contribution in [0.5, 0.6) is 0 Å². The predicted octanol–water partition coefficient (Wildman–Crippen LogP) is 4.93. The first-order valence-electron chi connectivity index (χ1n) is 11.8. The average Bonchev–Trinajstić information content (AvgIpc) is 3.58. The molecule has 8 nitrogen and oxygen atoms in total. The Bertz CT molecular complexity index is 1750. The van der Waals surface area contributed by atoms with E-state index in [1.807, 2.05) is 0 Å². The highest BCUT2D eigenvalue weighted by atomic mass is 19.4. The van der Waals surface area contributed by atoms with Gasteiger partial charge in [-0.15, -0.1) is 0 Å². The molecule has 2 aromatic carbocycles. The van der Waals surface area contributed by atoms with E-state index in [2.05, 4.69) is 15.2 Å². The summed E-state index contributed by atoms with van der Waals surface area (Å²) < 4.78 is 58.5. The molecule has 3 heterocycles.